The fourth-order valence-corrected chi connectivity index (χ4v) is 1.28. The van der Waals surface area contributed by atoms with E-state index in [9.17, 15) is 0 Å². The standard InChI is InChI=1S/C8H18N4O/c1-11-7-6(13-7)4-2-3-5-12-8(9)10/h6-7,11H,2-5H2,1H3,(H4,9,10,12). The Morgan fingerprint density at radius 3 is 2.77 bits per heavy atom. The first-order chi connectivity index (χ1) is 6.24. The highest BCUT2D eigenvalue weighted by Gasteiger charge is 2.36. The van der Waals surface area contributed by atoms with E-state index in [2.05, 4.69) is 10.3 Å². The summed E-state index contributed by atoms with van der Waals surface area (Å²) >= 11 is 0. The van der Waals surface area contributed by atoms with E-state index in [1.165, 1.54) is 0 Å². The number of nitrogens with zero attached hydrogens (tertiary/aromatic N) is 1. The molecular formula is C8H18N4O. The molecule has 2 atom stereocenters. The Kier molecular flexibility index (Phi) is 3.98. The van der Waals surface area contributed by atoms with Crippen molar-refractivity contribution in [2.45, 2.75) is 31.6 Å². The predicted octanol–water partition coefficient (Wildman–Crippen LogP) is -0.626. The monoisotopic (exact) mass is 186 g/mol. The van der Waals surface area contributed by atoms with Crippen molar-refractivity contribution in [1.29, 1.82) is 0 Å². The maximum Gasteiger partial charge on any atom is 0.185 e. The summed E-state index contributed by atoms with van der Waals surface area (Å²) in [7, 11) is 1.91. The van der Waals surface area contributed by atoms with Crippen molar-refractivity contribution < 1.29 is 4.74 Å². The number of hydrogen-bond acceptors (Lipinski definition) is 3. The highest BCUT2D eigenvalue weighted by molar-refractivity contribution is 5.75. The molecule has 0 bridgehead atoms. The number of epoxide rings is 1. The lowest BCUT2D eigenvalue weighted by Gasteiger charge is -1.95. The van der Waals surface area contributed by atoms with E-state index in [1.807, 2.05) is 7.05 Å². The molecule has 0 spiro atoms. The number of nitrogens with one attached hydrogen (secondary N) is 1. The zero-order valence-corrected chi connectivity index (χ0v) is 7.99. The molecule has 0 aromatic carbocycles. The summed E-state index contributed by atoms with van der Waals surface area (Å²) in [6.45, 7) is 0.722. The Balaban J connectivity index is 1.88. The average Bonchev–Trinajstić information content (AvgIpc) is 2.82. The van der Waals surface area contributed by atoms with Crippen LogP contribution in [0.25, 0.3) is 0 Å². The van der Waals surface area contributed by atoms with Gasteiger partial charge in [-0.25, -0.2) is 0 Å². The number of guanidine groups is 1. The second-order valence-electron chi connectivity index (χ2n) is 3.19. The van der Waals surface area contributed by atoms with Gasteiger partial charge in [-0.1, -0.05) is 0 Å². The van der Waals surface area contributed by atoms with Gasteiger partial charge in [-0.2, -0.15) is 0 Å². The van der Waals surface area contributed by atoms with Crippen molar-refractivity contribution >= 4 is 5.96 Å². The molecule has 1 rings (SSSR count). The molecule has 5 heteroatoms. The molecule has 76 valence electrons. The highest BCUT2D eigenvalue weighted by atomic mass is 16.6. The molecule has 0 aromatic rings. The topological polar surface area (TPSA) is 89.0 Å². The SMILES string of the molecule is CNC1OC1CCCCN=C(N)N. The summed E-state index contributed by atoms with van der Waals surface area (Å²) in [6, 6.07) is 0. The predicted molar refractivity (Wildman–Crippen MR) is 52.2 cm³/mol. The van der Waals surface area contributed by atoms with Crippen molar-refractivity contribution in [1.82, 2.24) is 5.32 Å². The van der Waals surface area contributed by atoms with Crippen LogP contribution in [0, 0.1) is 0 Å². The first kappa shape index (κ1) is 10.3. The lowest BCUT2D eigenvalue weighted by atomic mass is 10.2. The van der Waals surface area contributed by atoms with Crippen LogP contribution in [0.5, 0.6) is 0 Å². The molecule has 2 unspecified atom stereocenters. The number of likely N-dealkylation sites (N-methyl/N-ethyl adjacent to an activating group) is 1. The quantitative estimate of drug-likeness (QED) is 0.223. The third kappa shape index (κ3) is 4.10. The van der Waals surface area contributed by atoms with E-state index in [0.717, 1.165) is 25.8 Å². The van der Waals surface area contributed by atoms with Crippen molar-refractivity contribution in [3.05, 3.63) is 0 Å². The Labute approximate surface area is 78.5 Å². The number of aliphatic imine (C=N–C) groups is 1. The zero-order valence-electron chi connectivity index (χ0n) is 7.99. The van der Waals surface area contributed by atoms with Crippen LogP contribution >= 0.6 is 0 Å². The van der Waals surface area contributed by atoms with Crippen molar-refractivity contribution in [3.63, 3.8) is 0 Å². The van der Waals surface area contributed by atoms with E-state index in [0.29, 0.717) is 6.10 Å². The number of nitrogens with two attached hydrogens (primary N) is 2. The lowest BCUT2D eigenvalue weighted by molar-refractivity contribution is 0.345. The zero-order chi connectivity index (χ0) is 9.68. The van der Waals surface area contributed by atoms with Crippen LogP contribution in [0.4, 0.5) is 0 Å². The van der Waals surface area contributed by atoms with Gasteiger partial charge in [0.2, 0.25) is 0 Å². The normalized spacial score (nSPS) is 25.6. The molecule has 13 heavy (non-hydrogen) atoms. The molecule has 1 aliphatic heterocycles. The van der Waals surface area contributed by atoms with Gasteiger partial charge in [0.1, 0.15) is 6.23 Å². The molecule has 1 heterocycles. The Morgan fingerprint density at radius 2 is 2.23 bits per heavy atom. The fraction of sp³-hybridized carbons (Fsp3) is 0.875. The number of unbranched alkanes of at least 4 members (excludes halogenated alkanes) is 1. The van der Waals surface area contributed by atoms with Crippen LogP contribution in [0.3, 0.4) is 0 Å². The molecule has 1 fully saturated rings. The molecule has 0 radical (unpaired) electrons. The van der Waals surface area contributed by atoms with E-state index >= 15 is 0 Å². The van der Waals surface area contributed by atoms with Crippen LogP contribution in [-0.4, -0.2) is 31.9 Å². The van der Waals surface area contributed by atoms with Crippen LogP contribution in [-0.2, 0) is 4.74 Å². The Hall–Kier alpha value is -0.810. The number of rotatable bonds is 6. The second-order valence-corrected chi connectivity index (χ2v) is 3.19. The summed E-state index contributed by atoms with van der Waals surface area (Å²) in [5.41, 5.74) is 10.4. The van der Waals surface area contributed by atoms with E-state index < -0.39 is 0 Å². The van der Waals surface area contributed by atoms with Gasteiger partial charge in [-0.3, -0.25) is 10.3 Å². The number of hydrogen-bond donors (Lipinski definition) is 3. The van der Waals surface area contributed by atoms with Crippen molar-refractivity contribution in [2.24, 2.45) is 16.5 Å². The maximum atomic E-state index is 5.30. The molecule has 0 saturated carbocycles. The third-order valence-corrected chi connectivity index (χ3v) is 2.06. The van der Waals surface area contributed by atoms with Crippen molar-refractivity contribution in [2.75, 3.05) is 13.6 Å². The van der Waals surface area contributed by atoms with Gasteiger partial charge in [-0.15, -0.1) is 0 Å². The summed E-state index contributed by atoms with van der Waals surface area (Å²) in [4.78, 5) is 3.90. The van der Waals surface area contributed by atoms with E-state index in [1.54, 1.807) is 0 Å². The molecule has 5 N–H and O–H groups in total. The van der Waals surface area contributed by atoms with Gasteiger partial charge in [0.25, 0.3) is 0 Å². The first-order valence-corrected chi connectivity index (χ1v) is 4.62. The summed E-state index contributed by atoms with van der Waals surface area (Å²) in [5.74, 6) is 0.177. The highest BCUT2D eigenvalue weighted by Crippen LogP contribution is 2.23. The minimum Gasteiger partial charge on any atom is -0.370 e. The van der Waals surface area contributed by atoms with Crippen LogP contribution in [0.15, 0.2) is 4.99 Å². The molecule has 0 aromatic heterocycles. The van der Waals surface area contributed by atoms with Gasteiger partial charge < -0.3 is 16.2 Å². The maximum absolute atomic E-state index is 5.30. The largest absolute Gasteiger partial charge is 0.370 e. The van der Waals surface area contributed by atoms with Crippen molar-refractivity contribution in [3.8, 4) is 0 Å². The van der Waals surface area contributed by atoms with Crippen LogP contribution in [0.2, 0.25) is 0 Å². The fourth-order valence-electron chi connectivity index (χ4n) is 1.28. The van der Waals surface area contributed by atoms with Gasteiger partial charge in [0.15, 0.2) is 5.96 Å². The summed E-state index contributed by atoms with van der Waals surface area (Å²) in [5, 5.41) is 3.06. The minimum atomic E-state index is 0.177. The molecule has 1 aliphatic rings. The lowest BCUT2D eigenvalue weighted by Crippen LogP contribution is -2.22. The van der Waals surface area contributed by atoms with Gasteiger partial charge in [0.05, 0.1) is 6.10 Å². The van der Waals surface area contributed by atoms with Gasteiger partial charge in [-0.05, 0) is 26.3 Å². The van der Waals surface area contributed by atoms with Gasteiger partial charge in [0, 0.05) is 6.54 Å². The summed E-state index contributed by atoms with van der Waals surface area (Å²) < 4.78 is 5.30. The third-order valence-electron chi connectivity index (χ3n) is 2.06. The second kappa shape index (κ2) is 5.04. The average molecular weight is 186 g/mol. The number of ether oxygens (including phenoxy) is 1. The van der Waals surface area contributed by atoms with Gasteiger partial charge >= 0.3 is 0 Å². The molecule has 0 amide bonds. The molecule has 0 aliphatic carbocycles. The smallest absolute Gasteiger partial charge is 0.185 e. The minimum absolute atomic E-state index is 0.177. The molecule has 5 nitrogen and oxygen atoms in total. The van der Waals surface area contributed by atoms with E-state index in [4.69, 9.17) is 16.2 Å². The van der Waals surface area contributed by atoms with Crippen LogP contribution in [0.1, 0.15) is 19.3 Å². The molecular weight excluding hydrogens is 168 g/mol. The first-order valence-electron chi connectivity index (χ1n) is 4.62. The Morgan fingerprint density at radius 1 is 1.46 bits per heavy atom. The Bertz CT molecular complexity index is 179. The van der Waals surface area contributed by atoms with E-state index in [-0.39, 0.29) is 12.2 Å². The van der Waals surface area contributed by atoms with Crippen LogP contribution < -0.4 is 16.8 Å². The molecule has 1 saturated heterocycles. The summed E-state index contributed by atoms with van der Waals surface area (Å²) in [6.07, 6.45) is 3.91.